The van der Waals surface area contributed by atoms with Gasteiger partial charge in [-0.1, -0.05) is 6.42 Å². The number of aliphatic carboxylic acids is 1. The van der Waals surface area contributed by atoms with Crippen molar-refractivity contribution in [1.82, 2.24) is 4.57 Å². The molecule has 0 aliphatic carbocycles. The number of carbonyl (C=O) groups excluding carboxylic acids is 1. The van der Waals surface area contributed by atoms with Gasteiger partial charge in [0, 0.05) is 24.9 Å². The van der Waals surface area contributed by atoms with E-state index < -0.39 is 5.97 Å². The monoisotopic (exact) mass is 236 g/mol. The maximum Gasteiger partial charge on any atom is 0.303 e. The fraction of sp³-hybridized carbons (Fsp3) is 0.538. The predicted octanol–water partition coefficient (Wildman–Crippen LogP) is 2.18. The van der Waals surface area contributed by atoms with Crippen LogP contribution in [0.5, 0.6) is 0 Å². The van der Waals surface area contributed by atoms with Crippen molar-refractivity contribution in [3.8, 4) is 0 Å². The van der Waals surface area contributed by atoms with Crippen molar-refractivity contribution in [2.45, 2.75) is 45.1 Å². The molecule has 0 aromatic carbocycles. The van der Waals surface area contributed by atoms with Gasteiger partial charge < -0.3 is 9.67 Å². The van der Waals surface area contributed by atoms with Gasteiger partial charge in [-0.25, -0.2) is 0 Å². The fourth-order valence-corrected chi connectivity index (χ4v) is 1.79. The summed E-state index contributed by atoms with van der Waals surface area (Å²) >= 11 is 0. The maximum atomic E-state index is 10.5. The highest BCUT2D eigenvalue weighted by Gasteiger charge is 2.03. The topological polar surface area (TPSA) is 59.3 Å². The minimum atomic E-state index is -0.765. The SMILES string of the molecule is O=[C]CCCCCn1cccc1CCC(=O)O. The Bertz CT molecular complexity index is 357. The zero-order valence-corrected chi connectivity index (χ0v) is 9.89. The van der Waals surface area contributed by atoms with Gasteiger partial charge in [-0.15, -0.1) is 0 Å². The molecule has 0 amide bonds. The Hall–Kier alpha value is -1.58. The molecule has 1 aromatic rings. The molecule has 1 heterocycles. The highest BCUT2D eigenvalue weighted by atomic mass is 16.4. The van der Waals surface area contributed by atoms with Crippen LogP contribution in [0.1, 0.15) is 37.8 Å². The number of carboxylic acid groups (broad SMARTS) is 1. The molecule has 17 heavy (non-hydrogen) atoms. The third-order valence-corrected chi connectivity index (χ3v) is 2.70. The molecule has 0 aliphatic heterocycles. The number of hydrogen-bond acceptors (Lipinski definition) is 2. The third-order valence-electron chi connectivity index (χ3n) is 2.70. The van der Waals surface area contributed by atoms with Crippen molar-refractivity contribution in [1.29, 1.82) is 0 Å². The highest BCUT2D eigenvalue weighted by molar-refractivity contribution is 5.66. The summed E-state index contributed by atoms with van der Waals surface area (Å²) in [6.45, 7) is 0.890. The van der Waals surface area contributed by atoms with E-state index in [1.165, 1.54) is 0 Å². The van der Waals surface area contributed by atoms with Crippen molar-refractivity contribution in [3.05, 3.63) is 24.0 Å². The van der Waals surface area contributed by atoms with E-state index in [4.69, 9.17) is 5.11 Å². The Morgan fingerprint density at radius 2 is 2.18 bits per heavy atom. The van der Waals surface area contributed by atoms with Crippen LogP contribution < -0.4 is 0 Å². The van der Waals surface area contributed by atoms with E-state index in [1.807, 2.05) is 24.6 Å². The van der Waals surface area contributed by atoms with Crippen LogP contribution in [-0.4, -0.2) is 21.9 Å². The predicted molar refractivity (Wildman–Crippen MR) is 64.6 cm³/mol. The van der Waals surface area contributed by atoms with E-state index in [9.17, 15) is 9.59 Å². The molecule has 4 heteroatoms. The second-order valence-corrected chi connectivity index (χ2v) is 4.04. The molecule has 93 valence electrons. The van der Waals surface area contributed by atoms with Crippen molar-refractivity contribution >= 4 is 12.3 Å². The molecular formula is C13H18NO3. The van der Waals surface area contributed by atoms with E-state index >= 15 is 0 Å². The summed E-state index contributed by atoms with van der Waals surface area (Å²) in [7, 11) is 0. The summed E-state index contributed by atoms with van der Waals surface area (Å²) in [6, 6.07) is 3.90. The standard InChI is InChI=1S/C13H18NO3/c15-11-4-2-1-3-9-14-10-5-6-12(14)7-8-13(16)17/h5-6,10H,1-4,7-9H2,(H,16,17). The number of nitrogens with zero attached hydrogens (tertiary/aromatic N) is 1. The molecule has 0 unspecified atom stereocenters. The van der Waals surface area contributed by atoms with Crippen molar-refractivity contribution in [2.75, 3.05) is 0 Å². The van der Waals surface area contributed by atoms with Gasteiger partial charge in [0.15, 0.2) is 6.29 Å². The molecule has 1 rings (SSSR count). The quantitative estimate of drug-likeness (QED) is 0.668. The Kier molecular flexibility index (Phi) is 6.07. The van der Waals surface area contributed by atoms with E-state index in [0.717, 1.165) is 31.5 Å². The average molecular weight is 236 g/mol. The Morgan fingerprint density at radius 1 is 1.35 bits per heavy atom. The minimum absolute atomic E-state index is 0.171. The number of unbranched alkanes of at least 4 members (excludes halogenated alkanes) is 3. The molecule has 1 N–H and O–H groups in total. The van der Waals surface area contributed by atoms with Crippen LogP contribution in [0.2, 0.25) is 0 Å². The first-order chi connectivity index (χ1) is 8.24. The minimum Gasteiger partial charge on any atom is -0.481 e. The average Bonchev–Trinajstić information content (AvgIpc) is 2.73. The van der Waals surface area contributed by atoms with E-state index in [-0.39, 0.29) is 6.42 Å². The van der Waals surface area contributed by atoms with Gasteiger partial charge in [0.1, 0.15) is 0 Å². The van der Waals surface area contributed by atoms with Crippen LogP contribution in [0, 0.1) is 0 Å². The smallest absolute Gasteiger partial charge is 0.303 e. The summed E-state index contributed by atoms with van der Waals surface area (Å²) in [5.41, 5.74) is 1.06. The molecule has 1 radical (unpaired) electrons. The summed E-state index contributed by atoms with van der Waals surface area (Å²) in [4.78, 5) is 20.5. The first-order valence-electron chi connectivity index (χ1n) is 5.95. The summed E-state index contributed by atoms with van der Waals surface area (Å²) in [5.74, 6) is -0.765. The van der Waals surface area contributed by atoms with Crippen molar-refractivity contribution in [2.24, 2.45) is 0 Å². The van der Waals surface area contributed by atoms with Gasteiger partial charge >= 0.3 is 5.97 Å². The van der Waals surface area contributed by atoms with Crippen LogP contribution in [-0.2, 0) is 22.6 Å². The van der Waals surface area contributed by atoms with E-state index in [1.54, 1.807) is 0 Å². The molecule has 0 saturated carbocycles. The number of rotatable bonds is 9. The lowest BCUT2D eigenvalue weighted by atomic mass is 10.2. The maximum absolute atomic E-state index is 10.5. The number of aryl methyl sites for hydroxylation is 2. The van der Waals surface area contributed by atoms with Gasteiger partial charge in [-0.2, -0.15) is 0 Å². The molecule has 4 nitrogen and oxygen atoms in total. The Labute approximate surface area is 101 Å². The van der Waals surface area contributed by atoms with Gasteiger partial charge in [0.25, 0.3) is 0 Å². The lowest BCUT2D eigenvalue weighted by Crippen LogP contribution is -2.05. The molecule has 1 aromatic heterocycles. The van der Waals surface area contributed by atoms with Crippen LogP contribution >= 0.6 is 0 Å². The lowest BCUT2D eigenvalue weighted by Gasteiger charge is -2.07. The summed E-state index contributed by atoms with van der Waals surface area (Å²) < 4.78 is 2.09. The molecular weight excluding hydrogens is 218 g/mol. The third kappa shape index (κ3) is 5.33. The Balaban J connectivity index is 2.30. The highest BCUT2D eigenvalue weighted by Crippen LogP contribution is 2.08. The van der Waals surface area contributed by atoms with Gasteiger partial charge in [-0.05, 0) is 31.4 Å². The van der Waals surface area contributed by atoms with Gasteiger partial charge in [0.05, 0.1) is 6.42 Å². The lowest BCUT2D eigenvalue weighted by molar-refractivity contribution is -0.136. The van der Waals surface area contributed by atoms with Crippen LogP contribution in [0.15, 0.2) is 18.3 Å². The largest absolute Gasteiger partial charge is 0.481 e. The fourth-order valence-electron chi connectivity index (χ4n) is 1.79. The zero-order chi connectivity index (χ0) is 12.5. The normalized spacial score (nSPS) is 10.4. The molecule has 0 fully saturated rings. The number of carboxylic acids is 1. The molecule has 0 spiro atoms. The second kappa shape index (κ2) is 7.65. The van der Waals surface area contributed by atoms with E-state index in [0.29, 0.717) is 12.8 Å². The van der Waals surface area contributed by atoms with Crippen molar-refractivity contribution in [3.63, 3.8) is 0 Å². The number of aromatic nitrogens is 1. The van der Waals surface area contributed by atoms with Gasteiger partial charge in [-0.3, -0.25) is 9.59 Å². The number of hydrogen-bond donors (Lipinski definition) is 1. The Morgan fingerprint density at radius 3 is 2.88 bits per heavy atom. The van der Waals surface area contributed by atoms with E-state index in [2.05, 4.69) is 4.57 Å². The van der Waals surface area contributed by atoms with Crippen LogP contribution in [0.3, 0.4) is 0 Å². The molecule has 0 aliphatic rings. The molecule has 0 bridgehead atoms. The first kappa shape index (κ1) is 13.5. The summed E-state index contributed by atoms with van der Waals surface area (Å²) in [6.07, 6.45) is 8.01. The zero-order valence-electron chi connectivity index (χ0n) is 9.89. The van der Waals surface area contributed by atoms with Crippen LogP contribution in [0.4, 0.5) is 0 Å². The van der Waals surface area contributed by atoms with Crippen molar-refractivity contribution < 1.29 is 14.7 Å². The second-order valence-electron chi connectivity index (χ2n) is 4.04. The van der Waals surface area contributed by atoms with Crippen LogP contribution in [0.25, 0.3) is 0 Å². The summed E-state index contributed by atoms with van der Waals surface area (Å²) in [5, 5.41) is 8.63. The molecule has 0 saturated heterocycles. The van der Waals surface area contributed by atoms with Gasteiger partial charge in [0.2, 0.25) is 0 Å². The molecule has 0 atom stereocenters. The first-order valence-corrected chi connectivity index (χ1v) is 5.95. The number of carbonyl (C=O) groups is 1.